The van der Waals surface area contributed by atoms with Gasteiger partial charge in [0.15, 0.2) is 0 Å². The average Bonchev–Trinajstić information content (AvgIpc) is 2.81. The number of aliphatic hydroxyl groups excluding tert-OH is 1. The molecule has 37 heavy (non-hydrogen) atoms. The quantitative estimate of drug-likeness (QED) is 0.299. The fraction of sp³-hybridized carbons (Fsp3) is 0.433. The summed E-state index contributed by atoms with van der Waals surface area (Å²) in [4.78, 5) is 15.2. The first-order valence-electron chi connectivity index (χ1n) is 12.8. The van der Waals surface area contributed by atoms with Crippen LogP contribution in [0.25, 0.3) is 0 Å². The van der Waals surface area contributed by atoms with E-state index in [9.17, 15) is 30.3 Å². The molecule has 0 aromatic heterocycles. The minimum absolute atomic E-state index is 0.0523. The molecule has 1 aliphatic rings. The van der Waals surface area contributed by atoms with Crippen LogP contribution in [0.5, 0.6) is 17.2 Å². The number of amides is 1. The molecule has 2 aromatic rings. The van der Waals surface area contributed by atoms with Crippen molar-refractivity contribution in [3.63, 3.8) is 0 Å². The lowest BCUT2D eigenvalue weighted by Gasteiger charge is -2.28. The SMILES string of the molecule is C/C(=C\CN1C(=O)c2cccc(O)c2CCc2c(O)cc(O)cc21)CC/C=C(\C)CCC(O)C(C)(C)O. The van der Waals surface area contributed by atoms with Gasteiger partial charge in [-0.15, -0.1) is 0 Å². The molecule has 2 aromatic carbocycles. The van der Waals surface area contributed by atoms with Gasteiger partial charge in [0, 0.05) is 35.4 Å². The van der Waals surface area contributed by atoms with Crippen LogP contribution in [0.3, 0.4) is 0 Å². The molecule has 7 nitrogen and oxygen atoms in total. The number of hydrogen-bond acceptors (Lipinski definition) is 6. The fourth-order valence-electron chi connectivity index (χ4n) is 4.56. The zero-order chi connectivity index (χ0) is 27.3. The van der Waals surface area contributed by atoms with Crippen molar-refractivity contribution >= 4 is 11.6 Å². The number of phenolic OH excluding ortho intramolecular Hbond substituents is 3. The summed E-state index contributed by atoms with van der Waals surface area (Å²) in [5.74, 6) is -0.456. The summed E-state index contributed by atoms with van der Waals surface area (Å²) >= 11 is 0. The number of fused-ring (bicyclic) bond motifs is 2. The van der Waals surface area contributed by atoms with Crippen LogP contribution < -0.4 is 4.90 Å². The summed E-state index contributed by atoms with van der Waals surface area (Å²) in [6, 6.07) is 7.66. The van der Waals surface area contributed by atoms with E-state index in [0.717, 1.165) is 24.0 Å². The van der Waals surface area contributed by atoms with Gasteiger partial charge in [0.25, 0.3) is 5.91 Å². The molecule has 5 N–H and O–H groups in total. The fourth-order valence-corrected chi connectivity index (χ4v) is 4.56. The molecule has 1 unspecified atom stereocenters. The number of rotatable bonds is 9. The first-order chi connectivity index (χ1) is 17.4. The van der Waals surface area contributed by atoms with Gasteiger partial charge in [-0.3, -0.25) is 4.79 Å². The van der Waals surface area contributed by atoms with Gasteiger partial charge < -0.3 is 30.4 Å². The van der Waals surface area contributed by atoms with Crippen molar-refractivity contribution in [1.29, 1.82) is 0 Å². The highest BCUT2D eigenvalue weighted by Crippen LogP contribution is 2.38. The third kappa shape index (κ3) is 7.14. The van der Waals surface area contributed by atoms with E-state index in [1.165, 1.54) is 17.0 Å². The lowest BCUT2D eigenvalue weighted by Crippen LogP contribution is -2.35. The number of aliphatic hydroxyl groups is 2. The Bertz CT molecular complexity index is 1190. The molecule has 7 heteroatoms. The smallest absolute Gasteiger partial charge is 0.258 e. The number of hydrogen-bond donors (Lipinski definition) is 5. The van der Waals surface area contributed by atoms with Gasteiger partial charge >= 0.3 is 0 Å². The molecular weight excluding hydrogens is 470 g/mol. The normalized spacial score (nSPS) is 15.6. The van der Waals surface area contributed by atoms with E-state index in [2.05, 4.69) is 6.08 Å². The third-order valence-electron chi connectivity index (χ3n) is 7.01. The van der Waals surface area contributed by atoms with E-state index in [-0.39, 0.29) is 29.7 Å². The predicted molar refractivity (Wildman–Crippen MR) is 145 cm³/mol. The largest absolute Gasteiger partial charge is 0.508 e. The van der Waals surface area contributed by atoms with E-state index in [0.29, 0.717) is 48.1 Å². The van der Waals surface area contributed by atoms with Gasteiger partial charge in [-0.25, -0.2) is 0 Å². The maximum atomic E-state index is 13.6. The average molecular weight is 510 g/mol. The molecule has 0 spiro atoms. The monoisotopic (exact) mass is 509 g/mol. The molecule has 0 radical (unpaired) electrons. The Hall–Kier alpha value is -3.29. The van der Waals surface area contributed by atoms with Crippen LogP contribution >= 0.6 is 0 Å². The molecule has 1 atom stereocenters. The van der Waals surface area contributed by atoms with Crippen molar-refractivity contribution in [2.45, 2.75) is 77.9 Å². The number of nitrogens with zero attached hydrogens (tertiary/aromatic N) is 1. The van der Waals surface area contributed by atoms with Crippen molar-refractivity contribution in [3.05, 3.63) is 70.3 Å². The highest BCUT2D eigenvalue weighted by molar-refractivity contribution is 6.08. The molecule has 0 fully saturated rings. The third-order valence-corrected chi connectivity index (χ3v) is 7.01. The highest BCUT2D eigenvalue weighted by Gasteiger charge is 2.28. The summed E-state index contributed by atoms with van der Waals surface area (Å²) in [5.41, 5.74) is 3.08. The number of benzene rings is 2. The first kappa shape index (κ1) is 28.3. The highest BCUT2D eigenvalue weighted by atomic mass is 16.3. The lowest BCUT2D eigenvalue weighted by molar-refractivity contribution is -0.0509. The molecule has 0 bridgehead atoms. The zero-order valence-corrected chi connectivity index (χ0v) is 22.2. The number of allylic oxidation sites excluding steroid dienone is 3. The van der Waals surface area contributed by atoms with Crippen LogP contribution in [0, 0.1) is 0 Å². The van der Waals surface area contributed by atoms with Crippen LogP contribution in [0.15, 0.2) is 53.6 Å². The molecule has 0 aliphatic carbocycles. The number of carbonyl (C=O) groups excluding carboxylic acids is 1. The van der Waals surface area contributed by atoms with E-state index >= 15 is 0 Å². The molecule has 200 valence electrons. The number of anilines is 1. The molecule has 0 saturated heterocycles. The Morgan fingerprint density at radius 2 is 1.68 bits per heavy atom. The van der Waals surface area contributed by atoms with Gasteiger partial charge in [0.05, 0.1) is 17.4 Å². The van der Waals surface area contributed by atoms with Crippen molar-refractivity contribution in [2.24, 2.45) is 0 Å². The molecule has 1 aliphatic heterocycles. The second-order valence-corrected chi connectivity index (χ2v) is 10.5. The van der Waals surface area contributed by atoms with Crippen molar-refractivity contribution < 1.29 is 30.3 Å². The first-order valence-corrected chi connectivity index (χ1v) is 12.8. The van der Waals surface area contributed by atoms with Crippen molar-refractivity contribution in [2.75, 3.05) is 11.4 Å². The van der Waals surface area contributed by atoms with E-state index in [1.807, 2.05) is 19.9 Å². The van der Waals surface area contributed by atoms with Gasteiger partial charge in [-0.1, -0.05) is 29.4 Å². The standard InChI is InChI=1S/C30H39NO6/c1-19(11-14-28(35)30(3,4)37)7-5-8-20(2)15-16-31-25-17-21(32)18-27(34)24(25)13-12-22-23(29(31)36)9-6-10-26(22)33/h6-7,9-10,15,17-18,28,32-35,37H,5,8,11-14,16H2,1-4H3/b19-7+,20-15+. The van der Waals surface area contributed by atoms with Crippen LogP contribution in [0.2, 0.25) is 0 Å². The summed E-state index contributed by atoms with van der Waals surface area (Å²) in [6.07, 6.45) is 6.89. The second kappa shape index (κ2) is 11.8. The van der Waals surface area contributed by atoms with Crippen LogP contribution in [0.4, 0.5) is 5.69 Å². The van der Waals surface area contributed by atoms with Gasteiger partial charge in [-0.05, 0) is 78.4 Å². The zero-order valence-electron chi connectivity index (χ0n) is 22.2. The number of phenols is 3. The minimum Gasteiger partial charge on any atom is -0.508 e. The topological polar surface area (TPSA) is 121 Å². The van der Waals surface area contributed by atoms with Gasteiger partial charge in [0.1, 0.15) is 17.2 Å². The Morgan fingerprint density at radius 1 is 1.00 bits per heavy atom. The maximum Gasteiger partial charge on any atom is 0.258 e. The van der Waals surface area contributed by atoms with Gasteiger partial charge in [-0.2, -0.15) is 0 Å². The van der Waals surface area contributed by atoms with E-state index in [1.54, 1.807) is 32.0 Å². The number of carbonyl (C=O) groups is 1. The molecule has 3 rings (SSSR count). The van der Waals surface area contributed by atoms with Crippen LogP contribution in [-0.2, 0) is 12.8 Å². The van der Waals surface area contributed by atoms with E-state index in [4.69, 9.17) is 0 Å². The Kier molecular flexibility index (Phi) is 9.05. The number of aromatic hydroxyl groups is 3. The summed E-state index contributed by atoms with van der Waals surface area (Å²) < 4.78 is 0. The Balaban J connectivity index is 1.76. The van der Waals surface area contributed by atoms with Crippen molar-refractivity contribution in [3.8, 4) is 17.2 Å². The van der Waals surface area contributed by atoms with Crippen LogP contribution in [0.1, 0.15) is 74.9 Å². The van der Waals surface area contributed by atoms with Gasteiger partial charge in [0.2, 0.25) is 0 Å². The predicted octanol–water partition coefficient (Wildman–Crippen LogP) is 5.13. The molecule has 1 amide bonds. The summed E-state index contributed by atoms with van der Waals surface area (Å²) in [5, 5.41) is 51.0. The molecule has 0 saturated carbocycles. The Labute approximate surface area is 219 Å². The second-order valence-electron chi connectivity index (χ2n) is 10.5. The van der Waals surface area contributed by atoms with E-state index < -0.39 is 11.7 Å². The lowest BCUT2D eigenvalue weighted by atomic mass is 9.93. The molecular formula is C30H39NO6. The Morgan fingerprint density at radius 3 is 2.38 bits per heavy atom. The van der Waals surface area contributed by atoms with Crippen molar-refractivity contribution in [1.82, 2.24) is 0 Å². The minimum atomic E-state index is -1.12. The molecule has 1 heterocycles. The summed E-state index contributed by atoms with van der Waals surface area (Å²) in [6.45, 7) is 7.46. The van der Waals surface area contributed by atoms with Crippen LogP contribution in [-0.4, -0.2) is 49.7 Å². The summed E-state index contributed by atoms with van der Waals surface area (Å²) in [7, 11) is 0. The maximum absolute atomic E-state index is 13.6.